The van der Waals surface area contributed by atoms with Gasteiger partial charge >= 0.3 is 6.18 Å². The van der Waals surface area contributed by atoms with Gasteiger partial charge in [0.25, 0.3) is 0 Å². The Labute approximate surface area is 160 Å². The number of alkyl halides is 3. The number of methoxy groups -OCH3 is 1. The third-order valence-corrected chi connectivity index (χ3v) is 6.03. The van der Waals surface area contributed by atoms with Crippen molar-refractivity contribution >= 4 is 10.0 Å². The summed E-state index contributed by atoms with van der Waals surface area (Å²) in [6.45, 7) is 0.382. The molecule has 7 nitrogen and oxygen atoms in total. The summed E-state index contributed by atoms with van der Waals surface area (Å²) >= 11 is 0. The molecule has 1 fully saturated rings. The molecule has 1 atom stereocenters. The fraction of sp³-hybridized carbons (Fsp3) is 0.412. The van der Waals surface area contributed by atoms with Gasteiger partial charge in [-0.15, -0.1) is 0 Å². The monoisotopic (exact) mass is 417 g/mol. The first-order valence-electron chi connectivity index (χ1n) is 8.34. The van der Waals surface area contributed by atoms with E-state index in [9.17, 15) is 21.6 Å². The van der Waals surface area contributed by atoms with Crippen molar-refractivity contribution in [3.05, 3.63) is 47.8 Å². The fourth-order valence-electron chi connectivity index (χ4n) is 2.80. The lowest BCUT2D eigenvalue weighted by atomic mass is 10.1. The van der Waals surface area contributed by atoms with Crippen LogP contribution in [0.15, 0.2) is 36.7 Å². The lowest BCUT2D eigenvalue weighted by Gasteiger charge is -2.17. The van der Waals surface area contributed by atoms with Crippen LogP contribution < -0.4 is 9.47 Å². The van der Waals surface area contributed by atoms with Crippen LogP contribution in [0.25, 0.3) is 0 Å². The predicted molar refractivity (Wildman–Crippen MR) is 93.3 cm³/mol. The molecule has 0 aliphatic carbocycles. The van der Waals surface area contributed by atoms with Crippen LogP contribution in [0.2, 0.25) is 0 Å². The van der Waals surface area contributed by atoms with Gasteiger partial charge in [-0.3, -0.25) is 4.98 Å². The Morgan fingerprint density at radius 3 is 2.50 bits per heavy atom. The zero-order valence-corrected chi connectivity index (χ0v) is 15.7. The molecule has 1 aromatic carbocycles. The standard InChI is InChI=1S/C17H18F3N3O4S/c1-26-15-8-21-9-16(22-15)27-14-6-7-23(10-14)28(24,25)11-12-2-4-13(5-3-12)17(18,19)20/h2-5,8-9,14H,6-7,10-11H2,1H3. The Morgan fingerprint density at radius 1 is 1.18 bits per heavy atom. The van der Waals surface area contributed by atoms with Crippen LogP contribution >= 0.6 is 0 Å². The van der Waals surface area contributed by atoms with Gasteiger partial charge in [0.2, 0.25) is 21.8 Å². The maximum Gasteiger partial charge on any atom is 0.416 e. The number of nitrogens with zero attached hydrogens (tertiary/aromatic N) is 3. The minimum absolute atomic E-state index is 0.127. The maximum absolute atomic E-state index is 12.6. The average molecular weight is 417 g/mol. The Bertz CT molecular complexity index is 920. The summed E-state index contributed by atoms with van der Waals surface area (Å²) in [7, 11) is -2.24. The molecule has 1 aliphatic rings. The van der Waals surface area contributed by atoms with Crippen LogP contribution in [0.4, 0.5) is 13.2 Å². The molecule has 0 amide bonds. The minimum atomic E-state index is -4.46. The summed E-state index contributed by atoms with van der Waals surface area (Å²) in [5, 5.41) is 0. The summed E-state index contributed by atoms with van der Waals surface area (Å²) in [6.07, 6.45) is -1.57. The van der Waals surface area contributed by atoms with E-state index in [1.165, 1.54) is 35.9 Å². The molecular weight excluding hydrogens is 399 g/mol. The van der Waals surface area contributed by atoms with Crippen molar-refractivity contribution in [3.63, 3.8) is 0 Å². The molecule has 1 unspecified atom stereocenters. The largest absolute Gasteiger partial charge is 0.480 e. The summed E-state index contributed by atoms with van der Waals surface area (Å²) in [4.78, 5) is 7.99. The Morgan fingerprint density at radius 2 is 1.86 bits per heavy atom. The number of rotatable bonds is 6. The zero-order valence-electron chi connectivity index (χ0n) is 14.9. The smallest absolute Gasteiger partial charge is 0.416 e. The second kappa shape index (κ2) is 7.92. The second-order valence-corrected chi connectivity index (χ2v) is 8.21. The van der Waals surface area contributed by atoms with Gasteiger partial charge in [-0.2, -0.15) is 22.5 Å². The van der Waals surface area contributed by atoms with Gasteiger partial charge in [0.05, 0.1) is 37.4 Å². The highest BCUT2D eigenvalue weighted by atomic mass is 32.2. The van der Waals surface area contributed by atoms with E-state index >= 15 is 0 Å². The van der Waals surface area contributed by atoms with E-state index < -0.39 is 27.9 Å². The molecule has 2 aromatic rings. The van der Waals surface area contributed by atoms with Crippen molar-refractivity contribution in [2.24, 2.45) is 0 Å². The average Bonchev–Trinajstić information content (AvgIpc) is 3.11. The number of ether oxygens (including phenoxy) is 2. The van der Waals surface area contributed by atoms with E-state index in [4.69, 9.17) is 9.47 Å². The Kier molecular flexibility index (Phi) is 5.75. The van der Waals surface area contributed by atoms with Gasteiger partial charge in [0.15, 0.2) is 0 Å². The van der Waals surface area contributed by atoms with Gasteiger partial charge < -0.3 is 9.47 Å². The van der Waals surface area contributed by atoms with Gasteiger partial charge in [-0.1, -0.05) is 12.1 Å². The van der Waals surface area contributed by atoms with Crippen LogP contribution in [0, 0.1) is 0 Å². The van der Waals surface area contributed by atoms with Gasteiger partial charge in [-0.25, -0.2) is 8.42 Å². The Balaban J connectivity index is 1.61. The van der Waals surface area contributed by atoms with Crippen LogP contribution in [-0.4, -0.2) is 49.0 Å². The molecule has 0 N–H and O–H groups in total. The van der Waals surface area contributed by atoms with Gasteiger partial charge in [0.1, 0.15) is 6.10 Å². The van der Waals surface area contributed by atoms with Crippen molar-refractivity contribution in [1.82, 2.24) is 14.3 Å². The van der Waals surface area contributed by atoms with Crippen molar-refractivity contribution < 1.29 is 31.1 Å². The van der Waals surface area contributed by atoms with E-state index in [1.54, 1.807) is 0 Å². The first-order valence-corrected chi connectivity index (χ1v) is 9.95. The number of halogens is 3. The third kappa shape index (κ3) is 4.90. The van der Waals surface area contributed by atoms with Crippen molar-refractivity contribution in [2.45, 2.75) is 24.5 Å². The number of sulfonamides is 1. The summed E-state index contributed by atoms with van der Waals surface area (Å²) in [6, 6.07) is 4.11. The fourth-order valence-corrected chi connectivity index (χ4v) is 4.37. The predicted octanol–water partition coefficient (Wildman–Crippen LogP) is 2.49. The molecule has 1 aromatic heterocycles. The summed E-state index contributed by atoms with van der Waals surface area (Å²) in [5.41, 5.74) is -0.529. The topological polar surface area (TPSA) is 81.6 Å². The lowest BCUT2D eigenvalue weighted by Crippen LogP contribution is -2.32. The highest BCUT2D eigenvalue weighted by Crippen LogP contribution is 2.29. The number of benzene rings is 1. The molecular formula is C17H18F3N3O4S. The van der Waals surface area contributed by atoms with E-state index in [0.717, 1.165) is 12.1 Å². The van der Waals surface area contributed by atoms with E-state index in [2.05, 4.69) is 9.97 Å². The molecule has 11 heteroatoms. The highest BCUT2D eigenvalue weighted by Gasteiger charge is 2.34. The van der Waals surface area contributed by atoms with Crippen molar-refractivity contribution in [1.29, 1.82) is 0 Å². The zero-order chi connectivity index (χ0) is 20.4. The molecule has 2 heterocycles. The summed E-state index contributed by atoms with van der Waals surface area (Å²) < 4.78 is 74.9. The van der Waals surface area contributed by atoms with E-state index in [0.29, 0.717) is 6.42 Å². The highest BCUT2D eigenvalue weighted by molar-refractivity contribution is 7.88. The lowest BCUT2D eigenvalue weighted by molar-refractivity contribution is -0.137. The van der Waals surface area contributed by atoms with Crippen LogP contribution in [-0.2, 0) is 22.0 Å². The molecule has 3 rings (SSSR count). The van der Waals surface area contributed by atoms with Crippen LogP contribution in [0.1, 0.15) is 17.5 Å². The Hall–Kier alpha value is -2.40. The molecule has 1 saturated heterocycles. The molecule has 152 valence electrons. The molecule has 1 aliphatic heterocycles. The number of hydrogen-bond acceptors (Lipinski definition) is 6. The van der Waals surface area contributed by atoms with Crippen molar-refractivity contribution in [3.8, 4) is 11.8 Å². The first kappa shape index (κ1) is 20.3. The quantitative estimate of drug-likeness (QED) is 0.718. The SMILES string of the molecule is COc1cncc(OC2CCN(S(=O)(=O)Cc3ccc(C(F)(F)F)cc3)C2)n1. The molecule has 0 spiro atoms. The molecule has 0 radical (unpaired) electrons. The first-order chi connectivity index (χ1) is 13.2. The molecule has 0 bridgehead atoms. The van der Waals surface area contributed by atoms with Crippen LogP contribution in [0.3, 0.4) is 0 Å². The number of aromatic nitrogens is 2. The molecule has 0 saturated carbocycles. The third-order valence-electron chi connectivity index (χ3n) is 4.22. The molecule has 28 heavy (non-hydrogen) atoms. The van der Waals surface area contributed by atoms with Gasteiger partial charge in [-0.05, 0) is 24.1 Å². The van der Waals surface area contributed by atoms with E-state index in [-0.39, 0.29) is 36.2 Å². The van der Waals surface area contributed by atoms with Crippen molar-refractivity contribution in [2.75, 3.05) is 20.2 Å². The number of hydrogen-bond donors (Lipinski definition) is 0. The summed E-state index contributed by atoms with van der Waals surface area (Å²) in [5.74, 6) is 0.130. The maximum atomic E-state index is 12.6. The minimum Gasteiger partial charge on any atom is -0.480 e. The second-order valence-electron chi connectivity index (χ2n) is 6.24. The van der Waals surface area contributed by atoms with Crippen LogP contribution in [0.5, 0.6) is 11.8 Å². The normalized spacial score (nSPS) is 18.2. The van der Waals surface area contributed by atoms with Gasteiger partial charge in [0, 0.05) is 6.54 Å². The van der Waals surface area contributed by atoms with E-state index in [1.807, 2.05) is 0 Å².